The quantitative estimate of drug-likeness (QED) is 0.852. The van der Waals surface area contributed by atoms with Gasteiger partial charge in [-0.3, -0.25) is 9.89 Å². The molecule has 2 rings (SSSR count). The first-order valence-electron chi connectivity index (χ1n) is 5.78. The van der Waals surface area contributed by atoms with Crippen molar-refractivity contribution in [1.82, 2.24) is 15.5 Å². The van der Waals surface area contributed by atoms with Crippen LogP contribution in [0.25, 0.3) is 10.9 Å². The van der Waals surface area contributed by atoms with Crippen molar-refractivity contribution >= 4 is 16.8 Å². The lowest BCUT2D eigenvalue weighted by molar-refractivity contribution is 0.0913. The number of para-hydroxylation sites is 1. The van der Waals surface area contributed by atoms with Crippen LogP contribution in [0, 0.1) is 0 Å². The Morgan fingerprint density at radius 2 is 2.24 bits per heavy atom. The van der Waals surface area contributed by atoms with E-state index < -0.39 is 0 Å². The third-order valence-electron chi connectivity index (χ3n) is 3.06. The highest BCUT2D eigenvalue weighted by Gasteiger charge is 2.20. The molecular formula is C13H17N3O. The molecule has 0 atom stereocenters. The normalized spacial score (nSPS) is 11.7. The van der Waals surface area contributed by atoms with Crippen molar-refractivity contribution in [3.63, 3.8) is 0 Å². The van der Waals surface area contributed by atoms with Gasteiger partial charge >= 0.3 is 0 Å². The molecule has 0 aliphatic rings. The molecule has 1 amide bonds. The van der Waals surface area contributed by atoms with E-state index in [1.54, 1.807) is 6.20 Å². The fraction of sp³-hybridized carbons (Fsp3) is 0.385. The number of hydrogen-bond acceptors (Lipinski definition) is 2. The third kappa shape index (κ3) is 2.30. The van der Waals surface area contributed by atoms with Crippen LogP contribution in [0.5, 0.6) is 0 Å². The van der Waals surface area contributed by atoms with Gasteiger partial charge in [0.2, 0.25) is 0 Å². The molecule has 4 nitrogen and oxygen atoms in total. The van der Waals surface area contributed by atoms with Gasteiger partial charge in [-0.2, -0.15) is 5.10 Å². The molecule has 0 bridgehead atoms. The molecule has 90 valence electrons. The lowest BCUT2D eigenvalue weighted by Gasteiger charge is -2.24. The molecule has 2 aromatic rings. The molecule has 0 radical (unpaired) electrons. The van der Waals surface area contributed by atoms with Crippen LogP contribution in [-0.4, -0.2) is 21.6 Å². The number of rotatable bonds is 3. The van der Waals surface area contributed by atoms with Crippen molar-refractivity contribution in [2.45, 2.75) is 32.7 Å². The highest BCUT2D eigenvalue weighted by Crippen LogP contribution is 2.17. The van der Waals surface area contributed by atoms with E-state index in [-0.39, 0.29) is 11.4 Å². The average Bonchev–Trinajstić information content (AvgIpc) is 2.76. The largest absolute Gasteiger partial charge is 0.347 e. The molecule has 0 aliphatic carbocycles. The van der Waals surface area contributed by atoms with Crippen LogP contribution in [-0.2, 0) is 0 Å². The zero-order chi connectivity index (χ0) is 12.5. The topological polar surface area (TPSA) is 57.8 Å². The second-order valence-electron chi connectivity index (χ2n) is 4.83. The van der Waals surface area contributed by atoms with Crippen LogP contribution >= 0.6 is 0 Å². The summed E-state index contributed by atoms with van der Waals surface area (Å²) in [6, 6.07) is 5.61. The summed E-state index contributed by atoms with van der Waals surface area (Å²) in [6.45, 7) is 6.08. The van der Waals surface area contributed by atoms with Gasteiger partial charge in [0.25, 0.3) is 5.91 Å². The zero-order valence-corrected chi connectivity index (χ0v) is 10.4. The number of carbonyl (C=O) groups excluding carboxylic acids is 1. The maximum absolute atomic E-state index is 12.2. The van der Waals surface area contributed by atoms with E-state index in [1.165, 1.54) is 0 Å². The Morgan fingerprint density at radius 3 is 2.94 bits per heavy atom. The van der Waals surface area contributed by atoms with Crippen molar-refractivity contribution < 1.29 is 4.79 Å². The van der Waals surface area contributed by atoms with E-state index in [0.717, 1.165) is 17.3 Å². The summed E-state index contributed by atoms with van der Waals surface area (Å²) >= 11 is 0. The summed E-state index contributed by atoms with van der Waals surface area (Å²) in [5.74, 6) is -0.0632. The molecule has 1 heterocycles. The highest BCUT2D eigenvalue weighted by molar-refractivity contribution is 6.05. The van der Waals surface area contributed by atoms with Gasteiger partial charge in [0.15, 0.2) is 0 Å². The molecule has 0 fully saturated rings. The average molecular weight is 231 g/mol. The molecule has 1 aromatic heterocycles. The number of hydrogen-bond donors (Lipinski definition) is 2. The predicted molar refractivity (Wildman–Crippen MR) is 67.9 cm³/mol. The van der Waals surface area contributed by atoms with E-state index in [0.29, 0.717) is 5.56 Å². The number of benzene rings is 1. The maximum Gasteiger partial charge on any atom is 0.253 e. The Kier molecular flexibility index (Phi) is 2.88. The molecule has 2 N–H and O–H groups in total. The van der Waals surface area contributed by atoms with Crippen molar-refractivity contribution in [2.24, 2.45) is 0 Å². The minimum absolute atomic E-state index is 0.0632. The van der Waals surface area contributed by atoms with Gasteiger partial charge in [0.1, 0.15) is 0 Å². The van der Waals surface area contributed by atoms with Crippen LogP contribution in [0.2, 0.25) is 0 Å². The number of nitrogens with one attached hydrogen (secondary N) is 2. The Labute approximate surface area is 100 Å². The molecule has 0 aliphatic heterocycles. The van der Waals surface area contributed by atoms with Crippen molar-refractivity contribution in [1.29, 1.82) is 0 Å². The molecule has 1 aromatic carbocycles. The predicted octanol–water partition coefficient (Wildman–Crippen LogP) is 2.48. The van der Waals surface area contributed by atoms with Crippen LogP contribution in [0.1, 0.15) is 37.6 Å². The maximum atomic E-state index is 12.2. The monoisotopic (exact) mass is 231 g/mol. The highest BCUT2D eigenvalue weighted by atomic mass is 16.1. The fourth-order valence-electron chi connectivity index (χ4n) is 1.62. The first-order chi connectivity index (χ1) is 8.03. The van der Waals surface area contributed by atoms with E-state index in [9.17, 15) is 4.79 Å². The van der Waals surface area contributed by atoms with Gasteiger partial charge in [-0.25, -0.2) is 0 Å². The zero-order valence-electron chi connectivity index (χ0n) is 10.4. The number of aromatic nitrogens is 2. The molecule has 0 unspecified atom stereocenters. The lowest BCUT2D eigenvalue weighted by Crippen LogP contribution is -2.42. The first-order valence-corrected chi connectivity index (χ1v) is 5.78. The van der Waals surface area contributed by atoms with Gasteiger partial charge in [-0.05, 0) is 26.3 Å². The Morgan fingerprint density at radius 1 is 1.47 bits per heavy atom. The standard InChI is InChI=1S/C13H17N3O/c1-4-13(2,3)15-12(17)10-7-5-6-9-8-14-16-11(9)10/h5-8H,4H2,1-3H3,(H,14,16)(H,15,17). The lowest BCUT2D eigenvalue weighted by atomic mass is 10.0. The van der Waals surface area contributed by atoms with Crippen LogP contribution < -0.4 is 5.32 Å². The summed E-state index contributed by atoms with van der Waals surface area (Å²) < 4.78 is 0. The minimum atomic E-state index is -0.195. The molecule has 0 saturated carbocycles. The Hall–Kier alpha value is -1.84. The smallest absolute Gasteiger partial charge is 0.253 e. The first kappa shape index (κ1) is 11.6. The van der Waals surface area contributed by atoms with Crippen LogP contribution in [0.4, 0.5) is 0 Å². The number of aromatic amines is 1. The van der Waals surface area contributed by atoms with Crippen LogP contribution in [0.15, 0.2) is 24.4 Å². The van der Waals surface area contributed by atoms with Gasteiger partial charge in [0, 0.05) is 10.9 Å². The number of fused-ring (bicyclic) bond motifs is 1. The van der Waals surface area contributed by atoms with Gasteiger partial charge in [-0.1, -0.05) is 19.1 Å². The summed E-state index contributed by atoms with van der Waals surface area (Å²) in [6.07, 6.45) is 2.61. The number of amides is 1. The third-order valence-corrected chi connectivity index (χ3v) is 3.06. The second kappa shape index (κ2) is 4.20. The summed E-state index contributed by atoms with van der Waals surface area (Å²) in [4.78, 5) is 12.2. The molecule has 4 heteroatoms. The number of H-pyrrole nitrogens is 1. The Balaban J connectivity index is 2.34. The molecule has 0 spiro atoms. The summed E-state index contributed by atoms with van der Waals surface area (Å²) in [5.41, 5.74) is 1.23. The number of carbonyl (C=O) groups is 1. The van der Waals surface area contributed by atoms with E-state index in [1.807, 2.05) is 32.0 Å². The SMILES string of the molecule is CCC(C)(C)NC(=O)c1cccc2cn[nH]c12. The van der Waals surface area contributed by atoms with Crippen molar-refractivity contribution in [3.05, 3.63) is 30.0 Å². The van der Waals surface area contributed by atoms with Gasteiger partial charge in [-0.15, -0.1) is 0 Å². The molecule has 0 saturated heterocycles. The number of nitrogens with zero attached hydrogens (tertiary/aromatic N) is 1. The Bertz CT molecular complexity index is 542. The summed E-state index contributed by atoms with van der Waals surface area (Å²) in [7, 11) is 0. The minimum Gasteiger partial charge on any atom is -0.347 e. The van der Waals surface area contributed by atoms with Gasteiger partial charge < -0.3 is 5.32 Å². The van der Waals surface area contributed by atoms with E-state index in [4.69, 9.17) is 0 Å². The summed E-state index contributed by atoms with van der Waals surface area (Å²) in [5, 5.41) is 10.8. The fourth-order valence-corrected chi connectivity index (χ4v) is 1.62. The van der Waals surface area contributed by atoms with Crippen molar-refractivity contribution in [2.75, 3.05) is 0 Å². The van der Waals surface area contributed by atoms with E-state index >= 15 is 0 Å². The van der Waals surface area contributed by atoms with Crippen LogP contribution in [0.3, 0.4) is 0 Å². The molecular weight excluding hydrogens is 214 g/mol. The van der Waals surface area contributed by atoms with E-state index in [2.05, 4.69) is 22.4 Å². The van der Waals surface area contributed by atoms with Gasteiger partial charge in [0.05, 0.1) is 17.3 Å². The molecule has 17 heavy (non-hydrogen) atoms. The second-order valence-corrected chi connectivity index (χ2v) is 4.83. The van der Waals surface area contributed by atoms with Crippen molar-refractivity contribution in [3.8, 4) is 0 Å².